The van der Waals surface area contributed by atoms with Crippen LogP contribution in [0.4, 0.5) is 0 Å². The lowest BCUT2D eigenvalue weighted by molar-refractivity contribution is -0.143. The Morgan fingerprint density at radius 2 is 0.732 bits per heavy atom. The van der Waals surface area contributed by atoms with E-state index < -0.39 is 12.1 Å². The van der Waals surface area contributed by atoms with Gasteiger partial charge in [-0.25, -0.2) is 0 Å². The molecule has 0 spiro atoms. The van der Waals surface area contributed by atoms with E-state index in [1.165, 1.54) is 270 Å². The average Bonchev–Trinajstić information content (AvgIpc) is 3.37. The second-order valence-electron chi connectivity index (χ2n) is 22.1. The standard InChI is InChI=1S/C65H125NO5/c1-3-5-7-9-11-13-14-35-39-43-47-51-55-59-65(70)71-60-56-52-48-44-40-37-34-32-30-28-26-24-22-20-18-16-15-17-19-21-23-25-27-29-31-33-36-38-42-46-50-54-58-64(69)66-62(61-67)63(68)57-53-49-45-41-12-10-8-6-4-2/h7,9,13-14,62-63,67-68H,3-6,8,10-12,15-61H2,1-2H3,(H,66,69)/b9-7-,14-13-. The Kier molecular flexibility index (Phi) is 59.5. The number of unbranched alkanes of at least 4 members (excludes halogenated alkanes) is 45. The third-order valence-corrected chi connectivity index (χ3v) is 15.0. The van der Waals surface area contributed by atoms with Crippen LogP contribution < -0.4 is 5.32 Å². The van der Waals surface area contributed by atoms with Crippen molar-refractivity contribution in [3.63, 3.8) is 0 Å². The van der Waals surface area contributed by atoms with Crippen molar-refractivity contribution in [2.45, 2.75) is 366 Å². The third-order valence-electron chi connectivity index (χ3n) is 15.0. The molecule has 0 rings (SSSR count). The lowest BCUT2D eigenvalue weighted by atomic mass is 10.0. The topological polar surface area (TPSA) is 95.9 Å². The van der Waals surface area contributed by atoms with Gasteiger partial charge in [0.1, 0.15) is 0 Å². The van der Waals surface area contributed by atoms with Crippen LogP contribution in [-0.2, 0) is 14.3 Å². The fourth-order valence-electron chi connectivity index (χ4n) is 10.1. The minimum absolute atomic E-state index is 0.00588. The molecule has 420 valence electrons. The highest BCUT2D eigenvalue weighted by Crippen LogP contribution is 2.18. The Hall–Kier alpha value is -1.66. The highest BCUT2D eigenvalue weighted by molar-refractivity contribution is 5.76. The van der Waals surface area contributed by atoms with Crippen LogP contribution in [0, 0.1) is 0 Å². The zero-order valence-electron chi connectivity index (χ0n) is 48.0. The Morgan fingerprint density at radius 1 is 0.394 bits per heavy atom. The predicted octanol–water partition coefficient (Wildman–Crippen LogP) is 20.2. The molecular weight excluding hydrogens is 875 g/mol. The molecule has 0 heterocycles. The first kappa shape index (κ1) is 69.3. The monoisotopic (exact) mass is 1000 g/mol. The van der Waals surface area contributed by atoms with Crippen LogP contribution >= 0.6 is 0 Å². The maximum atomic E-state index is 12.4. The number of hydrogen-bond donors (Lipinski definition) is 3. The van der Waals surface area contributed by atoms with Gasteiger partial charge in [-0.05, 0) is 51.4 Å². The van der Waals surface area contributed by atoms with Crippen LogP contribution in [-0.4, -0.2) is 47.4 Å². The molecule has 0 saturated carbocycles. The number of carbonyl (C=O) groups excluding carboxylic acids is 2. The van der Waals surface area contributed by atoms with Crippen LogP contribution in [0.2, 0.25) is 0 Å². The number of hydrogen-bond acceptors (Lipinski definition) is 5. The fraction of sp³-hybridized carbons (Fsp3) is 0.908. The lowest BCUT2D eigenvalue weighted by Gasteiger charge is -2.22. The van der Waals surface area contributed by atoms with E-state index >= 15 is 0 Å². The Morgan fingerprint density at radius 3 is 1.13 bits per heavy atom. The molecule has 6 nitrogen and oxygen atoms in total. The number of amides is 1. The number of carbonyl (C=O) groups is 2. The lowest BCUT2D eigenvalue weighted by Crippen LogP contribution is -2.45. The molecule has 0 aromatic carbocycles. The largest absolute Gasteiger partial charge is 0.466 e. The van der Waals surface area contributed by atoms with Crippen molar-refractivity contribution in [1.29, 1.82) is 0 Å². The number of ether oxygens (including phenoxy) is 1. The summed E-state index contributed by atoms with van der Waals surface area (Å²) in [5.41, 5.74) is 0. The van der Waals surface area contributed by atoms with Crippen molar-refractivity contribution < 1.29 is 24.5 Å². The molecular formula is C65H125NO5. The van der Waals surface area contributed by atoms with E-state index in [-0.39, 0.29) is 18.5 Å². The maximum Gasteiger partial charge on any atom is 0.305 e. The molecule has 0 saturated heterocycles. The molecule has 0 radical (unpaired) electrons. The van der Waals surface area contributed by atoms with Crippen LogP contribution in [0.25, 0.3) is 0 Å². The van der Waals surface area contributed by atoms with Gasteiger partial charge in [-0.1, -0.05) is 314 Å². The number of allylic oxidation sites excluding steroid dienone is 4. The highest BCUT2D eigenvalue weighted by atomic mass is 16.5. The Labute approximate surface area is 443 Å². The summed E-state index contributed by atoms with van der Waals surface area (Å²) in [6.07, 6.45) is 75.1. The fourth-order valence-corrected chi connectivity index (χ4v) is 10.1. The predicted molar refractivity (Wildman–Crippen MR) is 310 cm³/mol. The molecule has 0 aromatic rings. The molecule has 0 aliphatic carbocycles. The number of rotatable bonds is 60. The van der Waals surface area contributed by atoms with Crippen molar-refractivity contribution in [3.05, 3.63) is 24.3 Å². The molecule has 6 heteroatoms. The highest BCUT2D eigenvalue weighted by Gasteiger charge is 2.20. The molecule has 3 N–H and O–H groups in total. The summed E-state index contributed by atoms with van der Waals surface area (Å²) >= 11 is 0. The molecule has 0 aliphatic rings. The number of aliphatic hydroxyl groups excluding tert-OH is 2. The minimum atomic E-state index is -0.658. The third kappa shape index (κ3) is 57.5. The smallest absolute Gasteiger partial charge is 0.305 e. The van der Waals surface area contributed by atoms with Gasteiger partial charge in [-0.2, -0.15) is 0 Å². The van der Waals surface area contributed by atoms with E-state index in [0.29, 0.717) is 25.9 Å². The molecule has 0 aromatic heterocycles. The summed E-state index contributed by atoms with van der Waals surface area (Å²) in [5.74, 6) is -0.0257. The summed E-state index contributed by atoms with van der Waals surface area (Å²) < 4.78 is 5.47. The number of nitrogens with one attached hydrogen (secondary N) is 1. The van der Waals surface area contributed by atoms with Gasteiger partial charge in [-0.3, -0.25) is 9.59 Å². The Balaban J connectivity index is 3.29. The summed E-state index contributed by atoms with van der Waals surface area (Å²) in [6, 6.07) is -0.535. The molecule has 2 unspecified atom stereocenters. The van der Waals surface area contributed by atoms with Gasteiger partial charge >= 0.3 is 5.97 Å². The van der Waals surface area contributed by atoms with Crippen LogP contribution in [0.15, 0.2) is 24.3 Å². The molecule has 1 amide bonds. The summed E-state index contributed by atoms with van der Waals surface area (Å²) in [5, 5.41) is 23.1. The van der Waals surface area contributed by atoms with Crippen molar-refractivity contribution in [2.75, 3.05) is 13.2 Å². The van der Waals surface area contributed by atoms with E-state index in [1.807, 2.05) is 0 Å². The quantitative estimate of drug-likeness (QED) is 0.0320. The van der Waals surface area contributed by atoms with Gasteiger partial charge in [0.15, 0.2) is 0 Å². The van der Waals surface area contributed by atoms with Gasteiger partial charge in [0.25, 0.3) is 0 Å². The number of esters is 1. The molecule has 0 bridgehead atoms. The van der Waals surface area contributed by atoms with Crippen LogP contribution in [0.1, 0.15) is 354 Å². The average molecular weight is 1000 g/mol. The SMILES string of the molecule is CCC/C=C\C/C=C\CCCCCCCC(=O)OCCCCCCCCCCCCCCCCCCCCCCCCCCCCCCCCCCC(=O)NC(CO)C(O)CCCCCCCCCCC. The Bertz CT molecular complexity index is 1110. The first-order valence-electron chi connectivity index (χ1n) is 32.1. The van der Waals surface area contributed by atoms with Gasteiger partial charge in [0.05, 0.1) is 25.4 Å². The molecule has 71 heavy (non-hydrogen) atoms. The van der Waals surface area contributed by atoms with E-state index in [1.54, 1.807) is 0 Å². The molecule has 0 aliphatic heterocycles. The van der Waals surface area contributed by atoms with Crippen LogP contribution in [0.3, 0.4) is 0 Å². The summed E-state index contributed by atoms with van der Waals surface area (Å²) in [6.45, 7) is 4.88. The minimum Gasteiger partial charge on any atom is -0.466 e. The van der Waals surface area contributed by atoms with Crippen molar-refractivity contribution >= 4 is 11.9 Å². The normalized spacial score (nSPS) is 12.7. The summed E-state index contributed by atoms with van der Waals surface area (Å²) in [7, 11) is 0. The van der Waals surface area contributed by atoms with E-state index in [4.69, 9.17) is 4.74 Å². The van der Waals surface area contributed by atoms with Crippen molar-refractivity contribution in [3.8, 4) is 0 Å². The first-order valence-corrected chi connectivity index (χ1v) is 32.1. The van der Waals surface area contributed by atoms with Gasteiger partial charge < -0.3 is 20.3 Å². The first-order chi connectivity index (χ1) is 35.0. The van der Waals surface area contributed by atoms with Gasteiger partial charge in [0.2, 0.25) is 5.91 Å². The second kappa shape index (κ2) is 60.9. The van der Waals surface area contributed by atoms with Crippen molar-refractivity contribution in [2.24, 2.45) is 0 Å². The maximum absolute atomic E-state index is 12.4. The van der Waals surface area contributed by atoms with Gasteiger partial charge in [0, 0.05) is 12.8 Å². The van der Waals surface area contributed by atoms with E-state index in [2.05, 4.69) is 43.5 Å². The molecule has 2 atom stereocenters. The zero-order valence-corrected chi connectivity index (χ0v) is 48.0. The van der Waals surface area contributed by atoms with Crippen LogP contribution in [0.5, 0.6) is 0 Å². The number of aliphatic hydroxyl groups is 2. The summed E-state index contributed by atoms with van der Waals surface area (Å²) in [4.78, 5) is 24.4. The van der Waals surface area contributed by atoms with E-state index in [0.717, 1.165) is 51.4 Å². The molecule has 0 fully saturated rings. The van der Waals surface area contributed by atoms with Gasteiger partial charge in [-0.15, -0.1) is 0 Å². The second-order valence-corrected chi connectivity index (χ2v) is 22.1. The zero-order chi connectivity index (χ0) is 51.4. The van der Waals surface area contributed by atoms with Crippen molar-refractivity contribution in [1.82, 2.24) is 5.32 Å². The van der Waals surface area contributed by atoms with E-state index in [9.17, 15) is 19.8 Å².